The van der Waals surface area contributed by atoms with E-state index in [1.54, 1.807) is 29.7 Å². The zero-order valence-corrected chi connectivity index (χ0v) is 22.7. The van der Waals surface area contributed by atoms with E-state index in [1.165, 1.54) is 6.07 Å². The molecule has 3 aliphatic rings. The fourth-order valence-electron chi connectivity index (χ4n) is 5.15. The maximum Gasteiger partial charge on any atom is 0.407 e. The van der Waals surface area contributed by atoms with Crippen LogP contribution >= 0.6 is 11.3 Å². The number of nitrogens with two attached hydrogens (primary N) is 1. The average molecular weight is 521 g/mol. The lowest BCUT2D eigenvalue weighted by molar-refractivity contribution is -0.0750. The predicted octanol–water partition coefficient (Wildman–Crippen LogP) is 4.95. The maximum atomic E-state index is 13.2. The number of nitrogen functional groups attached to an aromatic ring is 1. The number of anilines is 1. The van der Waals surface area contributed by atoms with Crippen molar-refractivity contribution in [2.24, 2.45) is 0 Å². The summed E-state index contributed by atoms with van der Waals surface area (Å²) >= 11 is 1.55. The Kier molecular flexibility index (Phi) is 6.70. The first-order chi connectivity index (χ1) is 16.2. The number of sulfonamides is 1. The minimum absolute atomic E-state index is 0.0413. The summed E-state index contributed by atoms with van der Waals surface area (Å²) < 4.78 is 35.0. The Hall–Kier alpha value is -2.17. The largest absolute Gasteiger partial charge is 0.443 e. The summed E-state index contributed by atoms with van der Waals surface area (Å²) in [5.41, 5.74) is 5.89. The van der Waals surface area contributed by atoms with E-state index in [0.29, 0.717) is 11.3 Å². The Balaban J connectivity index is 1.58. The average Bonchev–Trinajstić information content (AvgIpc) is 3.23. The van der Waals surface area contributed by atoms with Gasteiger partial charge in [0.25, 0.3) is 0 Å². The molecule has 1 amide bonds. The molecule has 2 bridgehead atoms. The Morgan fingerprint density at radius 2 is 1.77 bits per heavy atom. The van der Waals surface area contributed by atoms with Gasteiger partial charge in [0.2, 0.25) is 10.0 Å². The van der Waals surface area contributed by atoms with Crippen LogP contribution in [0.15, 0.2) is 29.3 Å². The second-order valence-corrected chi connectivity index (χ2v) is 14.0. The third kappa shape index (κ3) is 5.49. The Bertz CT molecular complexity index is 1190. The molecule has 5 rings (SSSR count). The van der Waals surface area contributed by atoms with Crippen LogP contribution in [0.3, 0.4) is 0 Å². The molecule has 0 radical (unpaired) electrons. The van der Waals surface area contributed by atoms with Crippen molar-refractivity contribution in [3.8, 4) is 10.4 Å². The van der Waals surface area contributed by atoms with Crippen LogP contribution in [0.1, 0.15) is 78.2 Å². The summed E-state index contributed by atoms with van der Waals surface area (Å²) in [6, 6.07) is 5.03. The van der Waals surface area contributed by atoms with Crippen molar-refractivity contribution in [1.82, 2.24) is 15.0 Å². The van der Waals surface area contributed by atoms with Gasteiger partial charge in [-0.3, -0.25) is 0 Å². The van der Waals surface area contributed by atoms with Crippen molar-refractivity contribution >= 4 is 33.1 Å². The van der Waals surface area contributed by atoms with Crippen LogP contribution in [0, 0.1) is 0 Å². The summed E-state index contributed by atoms with van der Waals surface area (Å²) in [6.45, 7) is 9.26. The van der Waals surface area contributed by atoms with Crippen molar-refractivity contribution in [2.75, 3.05) is 5.73 Å². The highest BCUT2D eigenvalue weighted by Gasteiger charge is 2.53. The highest BCUT2D eigenvalue weighted by molar-refractivity contribution is 7.89. The number of alkyl carbamates (subject to hydrolysis) is 1. The van der Waals surface area contributed by atoms with Crippen molar-refractivity contribution in [3.05, 3.63) is 29.4 Å². The third-order valence-electron chi connectivity index (χ3n) is 6.85. The standard InChI is InChI=1S/C25H36N4O4S2/c1-16(2)28-22(30)33-25-11-8-24(9-12-25,10-13-25)21-27-15-19(34-21)18-7-6-17(26)14-20(18)35(31,32)29-23(3,4)5/h6-7,14-16,29H,8-13,26H2,1-5H3,(H,28,30). The molecule has 1 aromatic carbocycles. The molecule has 0 spiro atoms. The van der Waals surface area contributed by atoms with E-state index in [0.717, 1.165) is 48.4 Å². The summed E-state index contributed by atoms with van der Waals surface area (Å²) in [6.07, 6.45) is 6.55. The second kappa shape index (κ2) is 9.05. The number of amides is 1. The number of rotatable bonds is 6. The fraction of sp³-hybridized carbons (Fsp3) is 0.600. The number of hydrogen-bond acceptors (Lipinski definition) is 7. The number of thiazole rings is 1. The van der Waals surface area contributed by atoms with Crippen LogP contribution in [0.5, 0.6) is 0 Å². The first kappa shape index (κ1) is 25.9. The molecular formula is C25H36N4O4S2. The lowest BCUT2D eigenvalue weighted by atomic mass is 9.59. The molecule has 192 valence electrons. The number of benzene rings is 1. The van der Waals surface area contributed by atoms with E-state index in [4.69, 9.17) is 15.5 Å². The van der Waals surface area contributed by atoms with E-state index >= 15 is 0 Å². The lowest BCUT2D eigenvalue weighted by Gasteiger charge is -2.51. The van der Waals surface area contributed by atoms with Crippen LogP contribution in [0.25, 0.3) is 10.4 Å². The van der Waals surface area contributed by atoms with E-state index in [-0.39, 0.29) is 22.4 Å². The summed E-state index contributed by atoms with van der Waals surface area (Å²) in [5, 5.41) is 3.85. The molecule has 8 nitrogen and oxygen atoms in total. The van der Waals surface area contributed by atoms with Gasteiger partial charge in [-0.05, 0) is 85.3 Å². The van der Waals surface area contributed by atoms with Gasteiger partial charge in [-0.15, -0.1) is 11.3 Å². The topological polar surface area (TPSA) is 123 Å². The Morgan fingerprint density at radius 3 is 2.34 bits per heavy atom. The maximum absolute atomic E-state index is 13.2. The van der Waals surface area contributed by atoms with Crippen LogP contribution < -0.4 is 15.8 Å². The molecule has 3 fully saturated rings. The number of aromatic nitrogens is 1. The lowest BCUT2D eigenvalue weighted by Crippen LogP contribution is -2.52. The zero-order valence-electron chi connectivity index (χ0n) is 21.1. The number of fused-ring (bicyclic) bond motifs is 3. The molecule has 35 heavy (non-hydrogen) atoms. The number of carbonyl (C=O) groups excluding carboxylic acids is 1. The summed E-state index contributed by atoms with van der Waals surface area (Å²) in [4.78, 5) is 18.0. The van der Waals surface area contributed by atoms with E-state index < -0.39 is 21.2 Å². The van der Waals surface area contributed by atoms with Crippen molar-refractivity contribution < 1.29 is 17.9 Å². The van der Waals surface area contributed by atoms with Crippen LogP contribution in [-0.2, 0) is 20.2 Å². The number of nitrogens with zero attached hydrogens (tertiary/aromatic N) is 1. The predicted molar refractivity (Wildman–Crippen MR) is 139 cm³/mol. The SMILES string of the molecule is CC(C)NC(=O)OC12CCC(c3ncc(-c4ccc(N)cc4S(=O)(=O)NC(C)(C)C)s3)(CC1)CC2. The van der Waals surface area contributed by atoms with Gasteiger partial charge in [0.05, 0.1) is 14.8 Å². The molecule has 2 aromatic rings. The van der Waals surface area contributed by atoms with Crippen molar-refractivity contribution in [3.63, 3.8) is 0 Å². The molecule has 0 saturated heterocycles. The van der Waals surface area contributed by atoms with Crippen LogP contribution in [0.2, 0.25) is 0 Å². The van der Waals surface area contributed by atoms with Gasteiger partial charge in [0.1, 0.15) is 5.60 Å². The van der Waals surface area contributed by atoms with Gasteiger partial charge in [-0.25, -0.2) is 22.9 Å². The minimum Gasteiger partial charge on any atom is -0.443 e. The summed E-state index contributed by atoms with van der Waals surface area (Å²) in [7, 11) is -3.78. The van der Waals surface area contributed by atoms with Crippen LogP contribution in [0.4, 0.5) is 10.5 Å². The molecule has 0 unspecified atom stereocenters. The first-order valence-corrected chi connectivity index (χ1v) is 14.4. The molecular weight excluding hydrogens is 484 g/mol. The highest BCUT2D eigenvalue weighted by atomic mass is 32.2. The fourth-order valence-corrected chi connectivity index (χ4v) is 8.12. The quantitative estimate of drug-likeness (QED) is 0.463. The van der Waals surface area contributed by atoms with E-state index in [1.807, 2.05) is 34.6 Å². The number of nitrogens with one attached hydrogen (secondary N) is 2. The number of hydrogen-bond donors (Lipinski definition) is 3. The summed E-state index contributed by atoms with van der Waals surface area (Å²) in [5.74, 6) is 0. The van der Waals surface area contributed by atoms with Crippen molar-refractivity contribution in [1.29, 1.82) is 0 Å². The monoisotopic (exact) mass is 520 g/mol. The van der Waals surface area contributed by atoms with Gasteiger partial charge >= 0.3 is 6.09 Å². The smallest absolute Gasteiger partial charge is 0.407 e. The van der Waals surface area contributed by atoms with Gasteiger partial charge in [0, 0.05) is 34.4 Å². The molecule has 1 heterocycles. The Morgan fingerprint density at radius 1 is 1.14 bits per heavy atom. The van der Waals surface area contributed by atoms with Crippen molar-refractivity contribution in [2.45, 2.75) is 101 Å². The van der Waals surface area contributed by atoms with Gasteiger partial charge in [-0.2, -0.15) is 0 Å². The molecule has 4 N–H and O–H groups in total. The molecule has 3 aliphatic carbocycles. The molecule has 1 aromatic heterocycles. The van der Waals surface area contributed by atoms with Gasteiger partial charge in [0.15, 0.2) is 0 Å². The molecule has 10 heteroatoms. The Labute approximate surface area is 212 Å². The zero-order chi connectivity index (χ0) is 25.6. The molecule has 0 aliphatic heterocycles. The van der Waals surface area contributed by atoms with E-state index in [9.17, 15) is 13.2 Å². The first-order valence-electron chi connectivity index (χ1n) is 12.1. The van der Waals surface area contributed by atoms with E-state index in [2.05, 4.69) is 10.0 Å². The van der Waals surface area contributed by atoms with Crippen LogP contribution in [-0.4, -0.2) is 36.7 Å². The van der Waals surface area contributed by atoms with Gasteiger partial charge < -0.3 is 15.8 Å². The normalized spacial score (nSPS) is 24.5. The molecule has 3 saturated carbocycles. The second-order valence-electron chi connectivity index (χ2n) is 11.3. The molecule has 0 atom stereocenters. The number of carbonyl (C=O) groups is 1. The van der Waals surface area contributed by atoms with Gasteiger partial charge in [-0.1, -0.05) is 6.07 Å². The minimum atomic E-state index is -3.78. The number of ether oxygens (including phenoxy) is 1. The third-order valence-corrected chi connectivity index (χ3v) is 9.93. The highest BCUT2D eigenvalue weighted by Crippen LogP contribution is 2.56.